The van der Waals surface area contributed by atoms with E-state index in [1.54, 1.807) is 23.1 Å². The zero-order valence-electron chi connectivity index (χ0n) is 13.8. The van der Waals surface area contributed by atoms with Crippen molar-refractivity contribution in [1.82, 2.24) is 9.97 Å². The van der Waals surface area contributed by atoms with Gasteiger partial charge in [0.2, 0.25) is 0 Å². The fourth-order valence-electron chi connectivity index (χ4n) is 2.69. The van der Waals surface area contributed by atoms with Crippen molar-refractivity contribution in [2.45, 2.75) is 24.5 Å². The molecule has 0 saturated carbocycles. The molecule has 0 radical (unpaired) electrons. The lowest BCUT2D eigenvalue weighted by Gasteiger charge is -2.05. The van der Waals surface area contributed by atoms with Crippen LogP contribution in [0.15, 0.2) is 51.5 Å². The van der Waals surface area contributed by atoms with E-state index in [2.05, 4.69) is 48.1 Å². The van der Waals surface area contributed by atoms with Gasteiger partial charge in [-0.3, -0.25) is 4.79 Å². The number of hydrogen-bond acceptors (Lipinski definition) is 5. The molecule has 0 unspecified atom stereocenters. The Morgan fingerprint density at radius 2 is 2.00 bits per heavy atom. The lowest BCUT2D eigenvalue weighted by Crippen LogP contribution is -2.10. The molecule has 6 heteroatoms. The molecule has 0 amide bonds. The van der Waals surface area contributed by atoms with Gasteiger partial charge in [-0.05, 0) is 37.6 Å². The van der Waals surface area contributed by atoms with Gasteiger partial charge >= 0.3 is 0 Å². The van der Waals surface area contributed by atoms with E-state index >= 15 is 0 Å². The summed E-state index contributed by atoms with van der Waals surface area (Å²) in [7, 11) is 0. The van der Waals surface area contributed by atoms with Crippen LogP contribution in [-0.4, -0.2) is 9.97 Å². The zero-order valence-corrected chi connectivity index (χ0v) is 16.3. The highest BCUT2D eigenvalue weighted by Gasteiger charge is 2.14. The first-order chi connectivity index (χ1) is 12.1. The van der Waals surface area contributed by atoms with Gasteiger partial charge < -0.3 is 4.98 Å². The van der Waals surface area contributed by atoms with Gasteiger partial charge in [-0.2, -0.15) is 0 Å². The van der Waals surface area contributed by atoms with Gasteiger partial charge in [-0.1, -0.05) is 18.2 Å². The van der Waals surface area contributed by atoms with Crippen LogP contribution in [-0.2, 0) is 5.75 Å². The lowest BCUT2D eigenvalue weighted by atomic mass is 10.2. The van der Waals surface area contributed by atoms with Crippen LogP contribution in [0.1, 0.15) is 16.3 Å². The Morgan fingerprint density at radius 1 is 1.16 bits per heavy atom. The minimum Gasteiger partial charge on any atom is -0.309 e. The van der Waals surface area contributed by atoms with Crippen LogP contribution in [0.3, 0.4) is 0 Å². The maximum atomic E-state index is 12.6. The lowest BCUT2D eigenvalue weighted by molar-refractivity contribution is 1.04. The monoisotopic (exact) mass is 384 g/mol. The number of benzene rings is 1. The fraction of sp³-hybridized carbons (Fsp3) is 0.158. The van der Waals surface area contributed by atoms with E-state index in [9.17, 15) is 4.79 Å². The number of aryl methyl sites for hydroxylation is 2. The summed E-state index contributed by atoms with van der Waals surface area (Å²) in [5.74, 6) is 1.38. The number of H-pyrrole nitrogens is 1. The van der Waals surface area contributed by atoms with Gasteiger partial charge in [0.1, 0.15) is 10.7 Å². The second-order valence-electron chi connectivity index (χ2n) is 5.81. The molecular formula is C19H16N2OS3. The van der Waals surface area contributed by atoms with E-state index in [4.69, 9.17) is 0 Å². The maximum absolute atomic E-state index is 12.6. The first kappa shape index (κ1) is 16.6. The molecular weight excluding hydrogens is 368 g/mol. The van der Waals surface area contributed by atoms with Gasteiger partial charge in [-0.15, -0.1) is 34.4 Å². The molecule has 0 aliphatic heterocycles. The van der Waals surface area contributed by atoms with Crippen molar-refractivity contribution in [3.05, 3.63) is 68.4 Å². The highest BCUT2D eigenvalue weighted by molar-refractivity contribution is 7.98. The fourth-order valence-corrected chi connectivity index (χ4v) is 5.51. The van der Waals surface area contributed by atoms with Gasteiger partial charge in [-0.25, -0.2) is 4.98 Å². The van der Waals surface area contributed by atoms with Crippen LogP contribution in [0, 0.1) is 13.8 Å². The standard InChI is InChI=1S/C19H16N2OS3/c1-11-5-3-4-6-14(11)23-10-16-20-18(22)17-13(9-24-19(17)21-16)15-8-7-12(2)25-15/h3-9H,10H2,1-2H3,(H,20,21,22). The summed E-state index contributed by atoms with van der Waals surface area (Å²) < 4.78 is 0. The highest BCUT2D eigenvalue weighted by atomic mass is 32.2. The summed E-state index contributed by atoms with van der Waals surface area (Å²) in [5.41, 5.74) is 2.18. The number of thioether (sulfide) groups is 1. The van der Waals surface area contributed by atoms with E-state index in [0.29, 0.717) is 11.1 Å². The van der Waals surface area contributed by atoms with Crippen molar-refractivity contribution in [1.29, 1.82) is 0 Å². The van der Waals surface area contributed by atoms with E-state index in [1.807, 2.05) is 17.5 Å². The predicted octanol–water partition coefficient (Wildman–Crippen LogP) is 5.62. The third kappa shape index (κ3) is 3.29. The summed E-state index contributed by atoms with van der Waals surface area (Å²) in [4.78, 5) is 24.7. The number of hydrogen-bond donors (Lipinski definition) is 1. The summed E-state index contributed by atoms with van der Waals surface area (Å²) in [6.45, 7) is 4.17. The number of thiophene rings is 2. The van der Waals surface area contributed by atoms with E-state index in [1.165, 1.54) is 26.7 Å². The predicted molar refractivity (Wildman–Crippen MR) is 109 cm³/mol. The van der Waals surface area contributed by atoms with Gasteiger partial charge in [0, 0.05) is 25.6 Å². The average molecular weight is 385 g/mol. The van der Waals surface area contributed by atoms with Crippen LogP contribution in [0.5, 0.6) is 0 Å². The summed E-state index contributed by atoms with van der Waals surface area (Å²) >= 11 is 4.94. The van der Waals surface area contributed by atoms with E-state index < -0.39 is 0 Å². The second-order valence-corrected chi connectivity index (χ2v) is 8.97. The maximum Gasteiger partial charge on any atom is 0.260 e. The minimum atomic E-state index is -0.0484. The van der Waals surface area contributed by atoms with Crippen molar-refractivity contribution in [3.8, 4) is 10.4 Å². The quantitative estimate of drug-likeness (QED) is 0.464. The van der Waals surface area contributed by atoms with Gasteiger partial charge in [0.25, 0.3) is 5.56 Å². The number of rotatable bonds is 4. The molecule has 0 saturated heterocycles. The topological polar surface area (TPSA) is 45.8 Å². The molecule has 0 spiro atoms. The molecule has 0 bridgehead atoms. The van der Waals surface area contributed by atoms with Crippen molar-refractivity contribution < 1.29 is 0 Å². The van der Waals surface area contributed by atoms with Gasteiger partial charge in [0.15, 0.2) is 0 Å². The third-order valence-corrected chi connectivity index (χ3v) is 7.05. The number of nitrogens with zero attached hydrogens (tertiary/aromatic N) is 1. The van der Waals surface area contributed by atoms with Gasteiger partial charge in [0.05, 0.1) is 11.1 Å². The second kappa shape index (κ2) is 6.78. The summed E-state index contributed by atoms with van der Waals surface area (Å²) in [6.07, 6.45) is 0. The molecule has 3 aromatic heterocycles. The number of aromatic nitrogens is 2. The Labute approximate surface area is 157 Å². The number of nitrogens with one attached hydrogen (secondary N) is 1. The summed E-state index contributed by atoms with van der Waals surface area (Å²) in [6, 6.07) is 12.4. The van der Waals surface area contributed by atoms with Crippen LogP contribution in [0.4, 0.5) is 0 Å². The highest BCUT2D eigenvalue weighted by Crippen LogP contribution is 2.35. The van der Waals surface area contributed by atoms with Crippen LogP contribution in [0.2, 0.25) is 0 Å². The van der Waals surface area contributed by atoms with Crippen molar-refractivity contribution in [3.63, 3.8) is 0 Å². The van der Waals surface area contributed by atoms with Crippen molar-refractivity contribution in [2.75, 3.05) is 0 Å². The molecule has 1 N–H and O–H groups in total. The Kier molecular flexibility index (Phi) is 4.50. The van der Waals surface area contributed by atoms with Crippen molar-refractivity contribution in [2.24, 2.45) is 0 Å². The van der Waals surface area contributed by atoms with E-state index in [0.717, 1.165) is 21.1 Å². The zero-order chi connectivity index (χ0) is 17.4. The molecule has 25 heavy (non-hydrogen) atoms. The smallest absolute Gasteiger partial charge is 0.260 e. The van der Waals surface area contributed by atoms with Crippen molar-refractivity contribution >= 4 is 44.7 Å². The normalized spacial score (nSPS) is 11.3. The summed E-state index contributed by atoms with van der Waals surface area (Å²) in [5, 5.41) is 2.74. The van der Waals surface area contributed by atoms with Crippen LogP contribution in [0.25, 0.3) is 20.7 Å². The Hall–Kier alpha value is -1.89. The Bertz CT molecular complexity index is 1110. The minimum absolute atomic E-state index is 0.0484. The number of aromatic amines is 1. The largest absolute Gasteiger partial charge is 0.309 e. The molecule has 0 fully saturated rings. The Balaban J connectivity index is 1.67. The van der Waals surface area contributed by atoms with E-state index in [-0.39, 0.29) is 5.56 Å². The Morgan fingerprint density at radius 3 is 2.76 bits per heavy atom. The molecule has 4 aromatic rings. The molecule has 0 atom stereocenters. The molecule has 0 aliphatic rings. The molecule has 4 rings (SSSR count). The molecule has 3 heterocycles. The first-order valence-corrected chi connectivity index (χ1v) is 10.6. The first-order valence-electron chi connectivity index (χ1n) is 7.87. The molecule has 3 nitrogen and oxygen atoms in total. The molecule has 1 aromatic carbocycles. The third-order valence-electron chi connectivity index (χ3n) is 3.96. The number of fused-ring (bicyclic) bond motifs is 1. The SMILES string of the molecule is Cc1ccc(-c2csc3nc(CSc4ccccc4C)[nH]c(=O)c23)s1. The van der Waals surface area contributed by atoms with Crippen LogP contribution >= 0.6 is 34.4 Å². The molecule has 0 aliphatic carbocycles. The molecule has 126 valence electrons. The van der Waals surface area contributed by atoms with Crippen LogP contribution < -0.4 is 5.56 Å². The average Bonchev–Trinajstić information content (AvgIpc) is 3.20.